The van der Waals surface area contributed by atoms with Gasteiger partial charge >= 0.3 is 0 Å². The fourth-order valence-electron chi connectivity index (χ4n) is 2.31. The summed E-state index contributed by atoms with van der Waals surface area (Å²) in [5, 5.41) is 4.09. The Morgan fingerprint density at radius 2 is 2.05 bits per heavy atom. The molecule has 21 heavy (non-hydrogen) atoms. The van der Waals surface area contributed by atoms with Crippen molar-refractivity contribution in [2.75, 3.05) is 18.9 Å². The highest BCUT2D eigenvalue weighted by Gasteiger charge is 2.17. The summed E-state index contributed by atoms with van der Waals surface area (Å²) in [6.07, 6.45) is 0. The van der Waals surface area contributed by atoms with Gasteiger partial charge in [-0.15, -0.1) is 0 Å². The summed E-state index contributed by atoms with van der Waals surface area (Å²) in [5.74, 6) is 0.00209. The molecular weight excluding hydrogens is 266 g/mol. The Hall–Kier alpha value is -2.30. The predicted molar refractivity (Wildman–Crippen MR) is 85.6 cm³/mol. The van der Waals surface area contributed by atoms with Crippen LogP contribution in [0.5, 0.6) is 0 Å². The van der Waals surface area contributed by atoms with Gasteiger partial charge in [0, 0.05) is 37.8 Å². The molecule has 1 atom stereocenters. The number of para-hydroxylation sites is 1. The molecule has 1 heterocycles. The number of fused-ring (bicyclic) bond motifs is 1. The minimum atomic E-state index is -0.384. The topological polar surface area (TPSA) is 54.3 Å². The van der Waals surface area contributed by atoms with Crippen molar-refractivity contribution < 1.29 is 4.79 Å². The zero-order chi connectivity index (χ0) is 15.6. The van der Waals surface area contributed by atoms with Crippen molar-refractivity contribution in [1.29, 1.82) is 0 Å². The number of hydrogen-bond acceptors (Lipinski definition) is 3. The van der Waals surface area contributed by atoms with Crippen LogP contribution in [0, 0.1) is 0 Å². The van der Waals surface area contributed by atoms with E-state index in [1.165, 1.54) is 6.07 Å². The van der Waals surface area contributed by atoms with Gasteiger partial charge in [0.25, 0.3) is 5.56 Å². The third-order valence-electron chi connectivity index (χ3n) is 3.75. The summed E-state index contributed by atoms with van der Waals surface area (Å²) >= 11 is 0. The highest BCUT2D eigenvalue weighted by molar-refractivity contribution is 5.94. The number of rotatable bonds is 4. The molecule has 112 valence electrons. The van der Waals surface area contributed by atoms with Crippen molar-refractivity contribution in [3.8, 4) is 0 Å². The van der Waals surface area contributed by atoms with E-state index in [-0.39, 0.29) is 17.5 Å². The lowest BCUT2D eigenvalue weighted by Gasteiger charge is -2.22. The van der Waals surface area contributed by atoms with Gasteiger partial charge in [-0.3, -0.25) is 9.59 Å². The van der Waals surface area contributed by atoms with Crippen molar-refractivity contribution in [3.63, 3.8) is 0 Å². The zero-order valence-electron chi connectivity index (χ0n) is 12.9. The highest BCUT2D eigenvalue weighted by Crippen LogP contribution is 2.21. The Kier molecular flexibility index (Phi) is 4.31. The highest BCUT2D eigenvalue weighted by atomic mass is 16.2. The van der Waals surface area contributed by atoms with Crippen LogP contribution in [-0.2, 0) is 11.8 Å². The standard InChI is InChI=1S/C16H21N3O2/c1-5-18(3)16(21)11(2)17-13-10-15(20)19(4)14-9-7-6-8-12(13)14/h6-11,17H,5H2,1-4H3. The lowest BCUT2D eigenvalue weighted by atomic mass is 10.1. The van der Waals surface area contributed by atoms with Gasteiger partial charge in [0.15, 0.2) is 0 Å². The molecular formula is C16H21N3O2. The quantitative estimate of drug-likeness (QED) is 0.933. The minimum Gasteiger partial charge on any atom is -0.373 e. The molecule has 2 aromatic rings. The average molecular weight is 287 g/mol. The molecule has 5 nitrogen and oxygen atoms in total. The third-order valence-corrected chi connectivity index (χ3v) is 3.75. The number of nitrogens with one attached hydrogen (secondary N) is 1. The van der Waals surface area contributed by atoms with Crippen LogP contribution in [0.2, 0.25) is 0 Å². The van der Waals surface area contributed by atoms with E-state index in [4.69, 9.17) is 0 Å². The van der Waals surface area contributed by atoms with E-state index in [9.17, 15) is 9.59 Å². The Morgan fingerprint density at radius 1 is 1.38 bits per heavy atom. The van der Waals surface area contributed by atoms with E-state index in [0.29, 0.717) is 12.2 Å². The summed E-state index contributed by atoms with van der Waals surface area (Å²) in [4.78, 5) is 25.8. The van der Waals surface area contributed by atoms with Gasteiger partial charge in [0.05, 0.1) is 5.52 Å². The number of pyridine rings is 1. The largest absolute Gasteiger partial charge is 0.373 e. The van der Waals surface area contributed by atoms with Crippen LogP contribution in [0.3, 0.4) is 0 Å². The summed E-state index contributed by atoms with van der Waals surface area (Å²) in [6.45, 7) is 4.39. The molecule has 0 saturated carbocycles. The van der Waals surface area contributed by atoms with Crippen molar-refractivity contribution >= 4 is 22.5 Å². The van der Waals surface area contributed by atoms with E-state index < -0.39 is 0 Å². The van der Waals surface area contributed by atoms with Gasteiger partial charge in [-0.25, -0.2) is 0 Å². The van der Waals surface area contributed by atoms with Crippen LogP contribution in [0.15, 0.2) is 35.1 Å². The Bertz CT molecular complexity index is 721. The second-order valence-electron chi connectivity index (χ2n) is 5.19. The molecule has 0 aliphatic rings. The minimum absolute atomic E-state index is 0.00209. The van der Waals surface area contributed by atoms with Crippen LogP contribution in [0.4, 0.5) is 5.69 Å². The number of nitrogens with zero attached hydrogens (tertiary/aromatic N) is 2. The molecule has 1 N–H and O–H groups in total. The summed E-state index contributed by atoms with van der Waals surface area (Å²) in [6, 6.07) is 8.81. The molecule has 1 amide bonds. The number of amides is 1. The molecule has 1 aromatic carbocycles. The molecule has 2 rings (SSSR count). The van der Waals surface area contributed by atoms with Crippen LogP contribution in [0.25, 0.3) is 10.9 Å². The Labute approximate surface area is 124 Å². The fourth-order valence-corrected chi connectivity index (χ4v) is 2.31. The first-order valence-electron chi connectivity index (χ1n) is 7.06. The number of aromatic nitrogens is 1. The lowest BCUT2D eigenvalue weighted by molar-refractivity contribution is -0.130. The maximum absolute atomic E-state index is 12.1. The lowest BCUT2D eigenvalue weighted by Crippen LogP contribution is -2.39. The van der Waals surface area contributed by atoms with Gasteiger partial charge in [0.1, 0.15) is 6.04 Å². The van der Waals surface area contributed by atoms with Gasteiger partial charge in [-0.1, -0.05) is 18.2 Å². The van der Waals surface area contributed by atoms with E-state index >= 15 is 0 Å². The van der Waals surface area contributed by atoms with Crippen molar-refractivity contribution in [3.05, 3.63) is 40.7 Å². The number of aryl methyl sites for hydroxylation is 1. The van der Waals surface area contributed by atoms with Gasteiger partial charge in [-0.05, 0) is 19.9 Å². The number of carbonyl (C=O) groups is 1. The number of carbonyl (C=O) groups excluding carboxylic acids is 1. The normalized spacial score (nSPS) is 12.2. The van der Waals surface area contributed by atoms with Gasteiger partial charge in [-0.2, -0.15) is 0 Å². The summed E-state index contributed by atoms with van der Waals surface area (Å²) < 4.78 is 1.60. The fraction of sp³-hybridized carbons (Fsp3) is 0.375. The Morgan fingerprint density at radius 3 is 2.71 bits per heavy atom. The van der Waals surface area contributed by atoms with Gasteiger partial charge < -0.3 is 14.8 Å². The number of hydrogen-bond donors (Lipinski definition) is 1. The molecule has 0 aliphatic heterocycles. The first-order chi connectivity index (χ1) is 9.95. The van der Waals surface area contributed by atoms with E-state index in [1.54, 1.807) is 30.5 Å². The number of anilines is 1. The number of likely N-dealkylation sites (N-methyl/N-ethyl adjacent to an activating group) is 1. The van der Waals surface area contributed by atoms with Crippen molar-refractivity contribution in [2.45, 2.75) is 19.9 Å². The van der Waals surface area contributed by atoms with Crippen LogP contribution >= 0.6 is 0 Å². The molecule has 0 saturated heterocycles. The number of benzene rings is 1. The zero-order valence-corrected chi connectivity index (χ0v) is 12.9. The molecule has 1 aromatic heterocycles. The van der Waals surface area contributed by atoms with Crippen LogP contribution < -0.4 is 10.9 Å². The van der Waals surface area contributed by atoms with Gasteiger partial charge in [0.2, 0.25) is 5.91 Å². The maximum Gasteiger partial charge on any atom is 0.252 e. The smallest absolute Gasteiger partial charge is 0.252 e. The summed E-state index contributed by atoms with van der Waals surface area (Å²) in [5.41, 5.74) is 1.44. The second-order valence-corrected chi connectivity index (χ2v) is 5.19. The first kappa shape index (κ1) is 15.1. The molecule has 0 aliphatic carbocycles. The maximum atomic E-state index is 12.1. The van der Waals surface area contributed by atoms with Crippen LogP contribution in [0.1, 0.15) is 13.8 Å². The molecule has 0 bridgehead atoms. The first-order valence-corrected chi connectivity index (χ1v) is 7.06. The Balaban J connectivity index is 2.41. The van der Waals surface area contributed by atoms with E-state index in [2.05, 4.69) is 5.32 Å². The molecule has 0 fully saturated rings. The van der Waals surface area contributed by atoms with Crippen molar-refractivity contribution in [1.82, 2.24) is 9.47 Å². The van der Waals surface area contributed by atoms with E-state index in [0.717, 1.165) is 10.9 Å². The van der Waals surface area contributed by atoms with E-state index in [1.807, 2.05) is 31.2 Å². The SMILES string of the molecule is CCN(C)C(=O)C(C)Nc1cc(=O)n(C)c2ccccc12. The monoisotopic (exact) mass is 287 g/mol. The van der Waals surface area contributed by atoms with Crippen molar-refractivity contribution in [2.24, 2.45) is 7.05 Å². The molecule has 5 heteroatoms. The summed E-state index contributed by atoms with van der Waals surface area (Å²) in [7, 11) is 3.51. The van der Waals surface area contributed by atoms with Crippen LogP contribution in [-0.4, -0.2) is 35.0 Å². The molecule has 0 radical (unpaired) electrons. The molecule has 0 spiro atoms. The third kappa shape index (κ3) is 2.91. The average Bonchev–Trinajstić information content (AvgIpc) is 2.50. The second kappa shape index (κ2) is 5.99. The predicted octanol–water partition coefficient (Wildman–Crippen LogP) is 1.82. The molecule has 1 unspecified atom stereocenters.